The van der Waals surface area contributed by atoms with Crippen LogP contribution < -0.4 is 11.1 Å². The van der Waals surface area contributed by atoms with Gasteiger partial charge < -0.3 is 15.8 Å². The lowest BCUT2D eigenvalue weighted by atomic mass is 9.93. The maximum absolute atomic E-state index is 12.1. The zero-order valence-corrected chi connectivity index (χ0v) is 12.1. The summed E-state index contributed by atoms with van der Waals surface area (Å²) >= 11 is 0. The molecule has 18 heavy (non-hydrogen) atoms. The molecular weight excluding hydrogens is 232 g/mol. The SMILES string of the molecule is CCCC(C)(N)C(=O)NC(C(=O)OC)C(C)CC. The Labute approximate surface area is 109 Å². The molecule has 5 nitrogen and oxygen atoms in total. The van der Waals surface area contributed by atoms with E-state index in [0.29, 0.717) is 6.42 Å². The largest absolute Gasteiger partial charge is 0.467 e. The Balaban J connectivity index is 4.78. The highest BCUT2D eigenvalue weighted by molar-refractivity contribution is 5.90. The number of rotatable bonds is 7. The second kappa shape index (κ2) is 7.36. The number of carbonyl (C=O) groups excluding carboxylic acids is 2. The van der Waals surface area contributed by atoms with Gasteiger partial charge in [-0.1, -0.05) is 33.6 Å². The van der Waals surface area contributed by atoms with Crippen LogP contribution in [0, 0.1) is 5.92 Å². The topological polar surface area (TPSA) is 81.4 Å². The van der Waals surface area contributed by atoms with Gasteiger partial charge in [0.1, 0.15) is 6.04 Å². The molecule has 0 saturated heterocycles. The molecule has 0 bridgehead atoms. The maximum Gasteiger partial charge on any atom is 0.328 e. The summed E-state index contributed by atoms with van der Waals surface area (Å²) in [5.41, 5.74) is 4.99. The van der Waals surface area contributed by atoms with E-state index < -0.39 is 17.6 Å². The lowest BCUT2D eigenvalue weighted by molar-refractivity contribution is -0.147. The average molecular weight is 258 g/mol. The van der Waals surface area contributed by atoms with Crippen molar-refractivity contribution in [3.63, 3.8) is 0 Å². The van der Waals surface area contributed by atoms with Crippen molar-refractivity contribution < 1.29 is 14.3 Å². The van der Waals surface area contributed by atoms with Crippen LogP contribution in [0.3, 0.4) is 0 Å². The Kier molecular flexibility index (Phi) is 6.91. The van der Waals surface area contributed by atoms with Crippen molar-refractivity contribution in [2.45, 2.75) is 58.5 Å². The van der Waals surface area contributed by atoms with Crippen LogP contribution in [-0.4, -0.2) is 30.6 Å². The molecule has 106 valence electrons. The summed E-state index contributed by atoms with van der Waals surface area (Å²) in [7, 11) is 1.32. The smallest absolute Gasteiger partial charge is 0.328 e. The summed E-state index contributed by atoms with van der Waals surface area (Å²) < 4.78 is 4.71. The van der Waals surface area contributed by atoms with Gasteiger partial charge in [-0.25, -0.2) is 4.79 Å². The van der Waals surface area contributed by atoms with Gasteiger partial charge in [-0.2, -0.15) is 0 Å². The van der Waals surface area contributed by atoms with Crippen LogP contribution in [0.25, 0.3) is 0 Å². The summed E-state index contributed by atoms with van der Waals surface area (Å²) in [6, 6.07) is -0.632. The molecule has 0 radical (unpaired) electrons. The van der Waals surface area contributed by atoms with Crippen molar-refractivity contribution in [2.24, 2.45) is 11.7 Å². The van der Waals surface area contributed by atoms with Crippen LogP contribution >= 0.6 is 0 Å². The maximum atomic E-state index is 12.1. The number of nitrogens with one attached hydrogen (secondary N) is 1. The standard InChI is InChI=1S/C13H26N2O3/c1-6-8-13(4,14)12(17)15-10(9(3)7-2)11(16)18-5/h9-10H,6-8,14H2,1-5H3,(H,15,17). The molecule has 3 atom stereocenters. The lowest BCUT2D eigenvalue weighted by Gasteiger charge is -2.28. The van der Waals surface area contributed by atoms with Crippen molar-refractivity contribution in [3.05, 3.63) is 0 Å². The molecule has 0 aromatic rings. The highest BCUT2D eigenvalue weighted by Gasteiger charge is 2.33. The molecule has 0 rings (SSSR count). The quantitative estimate of drug-likeness (QED) is 0.672. The van der Waals surface area contributed by atoms with Crippen molar-refractivity contribution in [2.75, 3.05) is 7.11 Å². The predicted molar refractivity (Wildman–Crippen MR) is 70.9 cm³/mol. The molecule has 0 spiro atoms. The van der Waals surface area contributed by atoms with Crippen LogP contribution in [0.15, 0.2) is 0 Å². The minimum absolute atomic E-state index is 0.0128. The second-order valence-corrected chi connectivity index (χ2v) is 5.03. The number of carbonyl (C=O) groups is 2. The Morgan fingerprint density at radius 3 is 2.33 bits per heavy atom. The molecule has 5 heteroatoms. The van der Waals surface area contributed by atoms with E-state index in [2.05, 4.69) is 5.32 Å². The van der Waals surface area contributed by atoms with Gasteiger partial charge in [-0.3, -0.25) is 4.79 Å². The van der Waals surface area contributed by atoms with E-state index >= 15 is 0 Å². The molecule has 0 aromatic heterocycles. The minimum atomic E-state index is -0.950. The highest BCUT2D eigenvalue weighted by Crippen LogP contribution is 2.13. The molecule has 1 amide bonds. The number of hydrogen-bond acceptors (Lipinski definition) is 4. The van der Waals surface area contributed by atoms with Crippen LogP contribution in [0.1, 0.15) is 47.0 Å². The van der Waals surface area contributed by atoms with Crippen LogP contribution in [0.4, 0.5) is 0 Å². The van der Waals surface area contributed by atoms with E-state index in [0.717, 1.165) is 12.8 Å². The fraction of sp³-hybridized carbons (Fsp3) is 0.846. The first-order valence-corrected chi connectivity index (χ1v) is 6.47. The van der Waals surface area contributed by atoms with Gasteiger partial charge >= 0.3 is 5.97 Å². The molecule has 3 N–H and O–H groups in total. The second-order valence-electron chi connectivity index (χ2n) is 5.03. The van der Waals surface area contributed by atoms with E-state index in [1.807, 2.05) is 20.8 Å². The number of methoxy groups -OCH3 is 1. The first-order valence-electron chi connectivity index (χ1n) is 6.47. The molecule has 0 aromatic carbocycles. The number of ether oxygens (including phenoxy) is 1. The Bertz CT molecular complexity index is 290. The van der Waals surface area contributed by atoms with Gasteiger partial charge in [0.15, 0.2) is 0 Å². The van der Waals surface area contributed by atoms with E-state index in [1.54, 1.807) is 6.92 Å². The van der Waals surface area contributed by atoms with Gasteiger partial charge in [0.25, 0.3) is 0 Å². The predicted octanol–water partition coefficient (Wildman–Crippen LogP) is 1.21. The van der Waals surface area contributed by atoms with Crippen molar-refractivity contribution >= 4 is 11.9 Å². The summed E-state index contributed by atoms with van der Waals surface area (Å²) in [6.07, 6.45) is 2.16. The summed E-state index contributed by atoms with van der Waals surface area (Å²) in [5.74, 6) is -0.719. The lowest BCUT2D eigenvalue weighted by Crippen LogP contribution is -2.57. The fourth-order valence-electron chi connectivity index (χ4n) is 1.74. The van der Waals surface area contributed by atoms with Crippen LogP contribution in [-0.2, 0) is 14.3 Å². The van der Waals surface area contributed by atoms with E-state index in [1.165, 1.54) is 7.11 Å². The van der Waals surface area contributed by atoms with Crippen molar-refractivity contribution in [1.29, 1.82) is 0 Å². The molecule has 0 saturated carbocycles. The van der Waals surface area contributed by atoms with Gasteiger partial charge in [-0.05, 0) is 19.3 Å². The van der Waals surface area contributed by atoms with Gasteiger partial charge in [-0.15, -0.1) is 0 Å². The van der Waals surface area contributed by atoms with Crippen LogP contribution in [0.5, 0.6) is 0 Å². The minimum Gasteiger partial charge on any atom is -0.467 e. The van der Waals surface area contributed by atoms with Crippen LogP contribution in [0.2, 0.25) is 0 Å². The third-order valence-electron chi connectivity index (χ3n) is 3.24. The van der Waals surface area contributed by atoms with E-state index in [4.69, 9.17) is 10.5 Å². The van der Waals surface area contributed by atoms with Gasteiger partial charge in [0, 0.05) is 0 Å². The van der Waals surface area contributed by atoms with Gasteiger partial charge in [0.05, 0.1) is 12.6 Å². The zero-order chi connectivity index (χ0) is 14.3. The summed E-state index contributed by atoms with van der Waals surface area (Å²) in [6.45, 7) is 7.50. The highest BCUT2D eigenvalue weighted by atomic mass is 16.5. The third kappa shape index (κ3) is 4.64. The number of amides is 1. The molecule has 0 aliphatic rings. The first-order chi connectivity index (χ1) is 8.30. The molecule has 0 aliphatic carbocycles. The van der Waals surface area contributed by atoms with Gasteiger partial charge in [0.2, 0.25) is 5.91 Å². The third-order valence-corrected chi connectivity index (χ3v) is 3.24. The summed E-state index contributed by atoms with van der Waals surface area (Å²) in [4.78, 5) is 23.7. The Hall–Kier alpha value is -1.10. The average Bonchev–Trinajstić information content (AvgIpc) is 2.33. The molecule has 3 unspecified atom stereocenters. The fourth-order valence-corrected chi connectivity index (χ4v) is 1.74. The first kappa shape index (κ1) is 16.9. The molecule has 0 heterocycles. The Morgan fingerprint density at radius 2 is 1.94 bits per heavy atom. The van der Waals surface area contributed by atoms with Crippen molar-refractivity contribution in [3.8, 4) is 0 Å². The zero-order valence-electron chi connectivity index (χ0n) is 12.1. The Morgan fingerprint density at radius 1 is 1.39 bits per heavy atom. The van der Waals surface area contributed by atoms with Crippen molar-refractivity contribution in [1.82, 2.24) is 5.32 Å². The monoisotopic (exact) mass is 258 g/mol. The molecule has 0 aliphatic heterocycles. The number of esters is 1. The molecular formula is C13H26N2O3. The number of nitrogens with two attached hydrogens (primary N) is 1. The van der Waals surface area contributed by atoms with E-state index in [9.17, 15) is 9.59 Å². The normalized spacial score (nSPS) is 17.4. The van der Waals surface area contributed by atoms with E-state index in [-0.39, 0.29) is 11.8 Å². The summed E-state index contributed by atoms with van der Waals surface area (Å²) in [5, 5.41) is 2.70. The number of hydrogen-bond donors (Lipinski definition) is 2. The molecule has 0 fully saturated rings.